The number of nitrogens with one attached hydrogen (secondary N) is 1. The summed E-state index contributed by atoms with van der Waals surface area (Å²) in [4.78, 5) is 26.9. The number of carbonyl (C=O) groups excluding carboxylic acids is 1. The van der Waals surface area contributed by atoms with Crippen molar-refractivity contribution >= 4 is 11.9 Å². The van der Waals surface area contributed by atoms with Gasteiger partial charge in [-0.05, 0) is 12.1 Å². The first kappa shape index (κ1) is 15.8. The first-order valence-corrected chi connectivity index (χ1v) is 7.05. The lowest BCUT2D eigenvalue weighted by molar-refractivity contribution is -0.136. The SMILES string of the molecule is CC(C)c1oc(-c2ccccc2)nc1C(=O)NCCC(=O)O. The molecule has 0 spiro atoms. The smallest absolute Gasteiger partial charge is 0.305 e. The van der Waals surface area contributed by atoms with Crippen molar-refractivity contribution in [3.63, 3.8) is 0 Å². The predicted molar refractivity (Wildman–Crippen MR) is 80.6 cm³/mol. The number of benzene rings is 1. The fraction of sp³-hybridized carbons (Fsp3) is 0.312. The molecule has 2 aromatic rings. The Labute approximate surface area is 128 Å². The second kappa shape index (κ2) is 6.89. The van der Waals surface area contributed by atoms with E-state index in [2.05, 4.69) is 10.3 Å². The molecule has 116 valence electrons. The summed E-state index contributed by atoms with van der Waals surface area (Å²) < 4.78 is 5.72. The first-order valence-electron chi connectivity index (χ1n) is 7.05. The van der Waals surface area contributed by atoms with E-state index >= 15 is 0 Å². The van der Waals surface area contributed by atoms with Crippen molar-refractivity contribution in [1.29, 1.82) is 0 Å². The Kier molecular flexibility index (Phi) is 4.93. The highest BCUT2D eigenvalue weighted by Gasteiger charge is 2.22. The van der Waals surface area contributed by atoms with Crippen LogP contribution in [0.25, 0.3) is 11.5 Å². The number of oxazole rings is 1. The van der Waals surface area contributed by atoms with E-state index in [1.807, 2.05) is 44.2 Å². The summed E-state index contributed by atoms with van der Waals surface area (Å²) in [6.07, 6.45) is -0.133. The minimum absolute atomic E-state index is 0.00909. The number of rotatable bonds is 6. The lowest BCUT2D eigenvalue weighted by Crippen LogP contribution is -2.27. The first-order chi connectivity index (χ1) is 10.5. The number of amides is 1. The summed E-state index contributed by atoms with van der Waals surface area (Å²) in [5.41, 5.74) is 0.994. The van der Waals surface area contributed by atoms with Crippen LogP contribution in [0.2, 0.25) is 0 Å². The van der Waals surface area contributed by atoms with Crippen molar-refractivity contribution in [2.45, 2.75) is 26.2 Å². The fourth-order valence-electron chi connectivity index (χ4n) is 1.96. The standard InChI is InChI=1S/C16H18N2O4/c1-10(2)14-13(15(21)17-9-8-12(19)20)18-16(22-14)11-6-4-3-5-7-11/h3-7,10H,8-9H2,1-2H3,(H,17,21)(H,19,20). The third-order valence-corrected chi connectivity index (χ3v) is 3.04. The highest BCUT2D eigenvalue weighted by molar-refractivity contribution is 5.94. The molecule has 6 nitrogen and oxygen atoms in total. The van der Waals surface area contributed by atoms with Crippen LogP contribution in [-0.2, 0) is 4.79 Å². The zero-order valence-corrected chi connectivity index (χ0v) is 12.5. The molecule has 0 saturated heterocycles. The predicted octanol–water partition coefficient (Wildman–Crippen LogP) is 2.67. The molecule has 1 amide bonds. The molecular weight excluding hydrogens is 284 g/mol. The maximum atomic E-state index is 12.2. The number of hydrogen-bond donors (Lipinski definition) is 2. The zero-order chi connectivity index (χ0) is 16.1. The molecule has 0 fully saturated rings. The van der Waals surface area contributed by atoms with Gasteiger partial charge < -0.3 is 14.8 Å². The van der Waals surface area contributed by atoms with E-state index in [0.717, 1.165) is 5.56 Å². The molecule has 22 heavy (non-hydrogen) atoms. The molecule has 0 aliphatic heterocycles. The lowest BCUT2D eigenvalue weighted by atomic mass is 10.1. The molecule has 1 aromatic carbocycles. The van der Waals surface area contributed by atoms with Gasteiger partial charge in [-0.2, -0.15) is 0 Å². The van der Waals surface area contributed by atoms with E-state index in [9.17, 15) is 9.59 Å². The maximum absolute atomic E-state index is 12.2. The third kappa shape index (κ3) is 3.72. The van der Waals surface area contributed by atoms with Crippen molar-refractivity contribution in [2.24, 2.45) is 0 Å². The molecule has 1 heterocycles. The van der Waals surface area contributed by atoms with E-state index < -0.39 is 11.9 Å². The Bertz CT molecular complexity index is 662. The largest absolute Gasteiger partial charge is 0.481 e. The van der Waals surface area contributed by atoms with Gasteiger partial charge in [-0.1, -0.05) is 32.0 Å². The van der Waals surface area contributed by atoms with Gasteiger partial charge in [0.2, 0.25) is 5.89 Å². The molecule has 6 heteroatoms. The molecule has 0 radical (unpaired) electrons. The molecule has 2 rings (SSSR count). The van der Waals surface area contributed by atoms with Crippen LogP contribution in [0, 0.1) is 0 Å². The Morgan fingerprint density at radius 3 is 2.55 bits per heavy atom. The molecule has 1 aromatic heterocycles. The van der Waals surface area contributed by atoms with Crippen LogP contribution in [-0.4, -0.2) is 28.5 Å². The Morgan fingerprint density at radius 2 is 1.95 bits per heavy atom. The Hall–Kier alpha value is -2.63. The number of carboxylic acids is 1. The van der Waals surface area contributed by atoms with Gasteiger partial charge in [0.1, 0.15) is 5.76 Å². The molecule has 0 saturated carbocycles. The van der Waals surface area contributed by atoms with Crippen LogP contribution >= 0.6 is 0 Å². The van der Waals surface area contributed by atoms with Gasteiger partial charge in [-0.3, -0.25) is 9.59 Å². The topological polar surface area (TPSA) is 92.4 Å². The number of carbonyl (C=O) groups is 2. The summed E-state index contributed by atoms with van der Waals surface area (Å²) in [6.45, 7) is 3.87. The maximum Gasteiger partial charge on any atom is 0.305 e. The molecule has 0 aliphatic carbocycles. The van der Waals surface area contributed by atoms with E-state index in [1.165, 1.54) is 0 Å². The minimum atomic E-state index is -0.963. The van der Waals surface area contributed by atoms with Gasteiger partial charge in [-0.15, -0.1) is 0 Å². The second-order valence-electron chi connectivity index (χ2n) is 5.15. The molecule has 0 bridgehead atoms. The van der Waals surface area contributed by atoms with E-state index in [0.29, 0.717) is 11.7 Å². The van der Waals surface area contributed by atoms with Crippen LogP contribution in [0.3, 0.4) is 0 Å². The number of carboxylic acid groups (broad SMARTS) is 1. The van der Waals surface area contributed by atoms with Gasteiger partial charge in [0, 0.05) is 18.0 Å². The molecular formula is C16H18N2O4. The van der Waals surface area contributed by atoms with Crippen LogP contribution in [0.5, 0.6) is 0 Å². The highest BCUT2D eigenvalue weighted by Crippen LogP contribution is 2.26. The monoisotopic (exact) mass is 302 g/mol. The van der Waals surface area contributed by atoms with Crippen LogP contribution in [0.4, 0.5) is 0 Å². The van der Waals surface area contributed by atoms with Gasteiger partial charge in [0.15, 0.2) is 5.69 Å². The second-order valence-corrected chi connectivity index (χ2v) is 5.15. The minimum Gasteiger partial charge on any atom is -0.481 e. The lowest BCUT2D eigenvalue weighted by Gasteiger charge is -2.04. The summed E-state index contributed by atoms with van der Waals surface area (Å²) in [6, 6.07) is 9.31. The van der Waals surface area contributed by atoms with Crippen molar-refractivity contribution < 1.29 is 19.1 Å². The van der Waals surface area contributed by atoms with Crippen molar-refractivity contribution in [3.8, 4) is 11.5 Å². The Morgan fingerprint density at radius 1 is 1.27 bits per heavy atom. The quantitative estimate of drug-likeness (QED) is 0.855. The third-order valence-electron chi connectivity index (χ3n) is 3.04. The van der Waals surface area contributed by atoms with Gasteiger partial charge >= 0.3 is 5.97 Å². The number of aliphatic carboxylic acids is 1. The molecule has 0 atom stereocenters. The number of nitrogens with zero attached hydrogens (tertiary/aromatic N) is 1. The van der Waals surface area contributed by atoms with E-state index in [1.54, 1.807) is 0 Å². The number of aromatic nitrogens is 1. The molecule has 0 unspecified atom stereocenters. The molecule has 2 N–H and O–H groups in total. The van der Waals surface area contributed by atoms with Crippen LogP contribution < -0.4 is 5.32 Å². The Balaban J connectivity index is 2.24. The van der Waals surface area contributed by atoms with Crippen molar-refractivity contribution in [2.75, 3.05) is 6.54 Å². The van der Waals surface area contributed by atoms with E-state index in [-0.39, 0.29) is 24.6 Å². The average Bonchev–Trinajstić information content (AvgIpc) is 2.93. The van der Waals surface area contributed by atoms with Crippen LogP contribution in [0.15, 0.2) is 34.7 Å². The highest BCUT2D eigenvalue weighted by atomic mass is 16.4. The normalized spacial score (nSPS) is 10.7. The zero-order valence-electron chi connectivity index (χ0n) is 12.5. The number of hydrogen-bond acceptors (Lipinski definition) is 4. The molecule has 0 aliphatic rings. The van der Waals surface area contributed by atoms with E-state index in [4.69, 9.17) is 9.52 Å². The fourth-order valence-corrected chi connectivity index (χ4v) is 1.96. The summed E-state index contributed by atoms with van der Waals surface area (Å²) in [5.74, 6) is -0.519. The summed E-state index contributed by atoms with van der Waals surface area (Å²) in [7, 11) is 0. The van der Waals surface area contributed by atoms with Gasteiger partial charge in [-0.25, -0.2) is 4.98 Å². The van der Waals surface area contributed by atoms with Gasteiger partial charge in [0.05, 0.1) is 6.42 Å². The van der Waals surface area contributed by atoms with Crippen LogP contribution in [0.1, 0.15) is 42.4 Å². The van der Waals surface area contributed by atoms with Gasteiger partial charge in [0.25, 0.3) is 5.91 Å². The average molecular weight is 302 g/mol. The summed E-state index contributed by atoms with van der Waals surface area (Å²) in [5, 5.41) is 11.2. The summed E-state index contributed by atoms with van der Waals surface area (Å²) >= 11 is 0. The van der Waals surface area contributed by atoms with Crippen molar-refractivity contribution in [1.82, 2.24) is 10.3 Å². The van der Waals surface area contributed by atoms with Crippen molar-refractivity contribution in [3.05, 3.63) is 41.8 Å².